The molecule has 0 amide bonds. The van der Waals surface area contributed by atoms with Crippen molar-refractivity contribution >= 4 is 17.7 Å². The summed E-state index contributed by atoms with van der Waals surface area (Å²) in [7, 11) is 1.95. The molecule has 1 aromatic rings. The Morgan fingerprint density at radius 3 is 3.12 bits per heavy atom. The first-order chi connectivity index (χ1) is 12.3. The molecule has 1 atom stereocenters. The van der Waals surface area contributed by atoms with Crippen LogP contribution in [0.5, 0.6) is 0 Å². The van der Waals surface area contributed by atoms with Crippen molar-refractivity contribution in [3.63, 3.8) is 0 Å². The van der Waals surface area contributed by atoms with Gasteiger partial charge < -0.3 is 5.32 Å². The van der Waals surface area contributed by atoms with Crippen LogP contribution in [0.1, 0.15) is 31.2 Å². The predicted octanol–water partition coefficient (Wildman–Crippen LogP) is 3.92. The Morgan fingerprint density at radius 1 is 1.36 bits per heavy atom. The van der Waals surface area contributed by atoms with E-state index in [1.807, 2.05) is 7.05 Å². The molecular formula is C21H26FN3. The van der Waals surface area contributed by atoms with Gasteiger partial charge in [0.2, 0.25) is 0 Å². The maximum Gasteiger partial charge on any atom is 0.102 e. The summed E-state index contributed by atoms with van der Waals surface area (Å²) in [6, 6.07) is 4.27. The zero-order valence-corrected chi connectivity index (χ0v) is 14.6. The minimum atomic E-state index is -0.276. The normalized spacial score (nSPS) is 22.5. The van der Waals surface area contributed by atoms with E-state index in [-0.39, 0.29) is 8.10 Å². The Bertz CT molecular complexity index is 794. The number of hydrogen-bond acceptors (Lipinski definition) is 3. The molecule has 0 radical (unpaired) electrons. The average Bonchev–Trinajstić information content (AvgIpc) is 2.93. The van der Waals surface area contributed by atoms with E-state index >= 15 is 0 Å². The Hall–Kier alpha value is -2.20. The smallest absolute Gasteiger partial charge is 0.102 e. The van der Waals surface area contributed by atoms with Crippen LogP contribution in [0.3, 0.4) is 0 Å². The fraction of sp³-hybridized carbons (Fsp3) is 0.381. The highest BCUT2D eigenvalue weighted by Crippen LogP contribution is 2.37. The molecule has 132 valence electrons. The molecule has 1 fully saturated rings. The molecule has 1 N–H and O–H groups in total. The van der Waals surface area contributed by atoms with Crippen LogP contribution < -0.4 is 5.32 Å². The third-order valence-corrected chi connectivity index (χ3v) is 5.34. The van der Waals surface area contributed by atoms with Crippen LogP contribution in [0.15, 0.2) is 41.6 Å². The van der Waals surface area contributed by atoms with E-state index in [0.29, 0.717) is 12.5 Å². The van der Waals surface area contributed by atoms with E-state index in [1.54, 1.807) is 0 Å². The van der Waals surface area contributed by atoms with Crippen LogP contribution in [0.25, 0.3) is 17.7 Å². The number of aromatic nitrogens is 1. The lowest BCUT2D eigenvalue weighted by atomic mass is 9.91. The van der Waals surface area contributed by atoms with Crippen LogP contribution in [0.4, 0.5) is 4.39 Å². The van der Waals surface area contributed by atoms with E-state index < -0.39 is 0 Å². The Labute approximate surface area is 150 Å². The maximum absolute atomic E-state index is 12.7. The number of pyridine rings is 1. The number of allylic oxidation sites excluding steroid dienone is 4. The number of nitrogens with zero attached hydrogens (tertiary/aromatic N) is 2. The second-order valence-electron chi connectivity index (χ2n) is 6.86. The fourth-order valence-electron chi connectivity index (χ4n) is 3.91. The van der Waals surface area contributed by atoms with Crippen molar-refractivity contribution in [2.24, 2.45) is 5.92 Å². The van der Waals surface area contributed by atoms with Gasteiger partial charge in [-0.1, -0.05) is 30.4 Å². The molecule has 2 aliphatic carbocycles. The van der Waals surface area contributed by atoms with Crippen molar-refractivity contribution in [1.29, 1.82) is 0 Å². The molecule has 4 heteroatoms. The van der Waals surface area contributed by atoms with Crippen LogP contribution >= 0.6 is 0 Å². The number of fused-ring (bicyclic) bond motifs is 2. The molecule has 4 rings (SSSR count). The van der Waals surface area contributed by atoms with Crippen molar-refractivity contribution < 1.29 is 5.82 Å². The first kappa shape index (κ1) is 16.3. The van der Waals surface area contributed by atoms with E-state index in [2.05, 4.69) is 52.7 Å². The van der Waals surface area contributed by atoms with Crippen LogP contribution in [0.2, 0.25) is 0 Å². The minimum Gasteiger partial charge on any atom is -0.391 e. The van der Waals surface area contributed by atoms with Gasteiger partial charge in [0.15, 0.2) is 0 Å². The van der Waals surface area contributed by atoms with Gasteiger partial charge in [-0.15, -0.1) is 0 Å². The van der Waals surface area contributed by atoms with E-state index in [0.717, 1.165) is 42.9 Å². The summed E-state index contributed by atoms with van der Waals surface area (Å²) in [5.41, 5.74) is 6.98. The lowest BCUT2D eigenvalue weighted by molar-refractivity contribution is 0.229. The van der Waals surface area contributed by atoms with Crippen molar-refractivity contribution in [2.75, 3.05) is 33.4 Å². The summed E-state index contributed by atoms with van der Waals surface area (Å²) in [6.07, 6.45) is 12.9. The Morgan fingerprint density at radius 2 is 2.28 bits per heavy atom. The maximum atomic E-state index is 12.7. The van der Waals surface area contributed by atoms with E-state index in [1.165, 1.54) is 16.8 Å². The van der Waals surface area contributed by atoms with Gasteiger partial charge in [0.25, 0.3) is 0 Å². The molecule has 0 saturated carbocycles. The number of rotatable bonds is 4. The first-order valence-electron chi connectivity index (χ1n) is 9.04. The quantitative estimate of drug-likeness (QED) is 0.901. The summed E-state index contributed by atoms with van der Waals surface area (Å²) in [5.74, 6) is 0.495. The number of hydrogen-bond donors (Lipinski definition) is 1. The second kappa shape index (κ2) is 6.96. The van der Waals surface area contributed by atoms with Gasteiger partial charge >= 0.3 is 0 Å². The minimum absolute atomic E-state index is 0. The van der Waals surface area contributed by atoms with Gasteiger partial charge in [-0.05, 0) is 36.2 Å². The number of likely N-dealkylation sites (tertiary alicyclic amines) is 1. The predicted molar refractivity (Wildman–Crippen MR) is 104 cm³/mol. The summed E-state index contributed by atoms with van der Waals surface area (Å²) in [4.78, 5) is 7.16. The second-order valence-corrected chi connectivity index (χ2v) is 6.86. The highest BCUT2D eigenvalue weighted by Gasteiger charge is 2.28. The summed E-state index contributed by atoms with van der Waals surface area (Å²) >= 11 is 0. The Balaban J connectivity index is 0.00000196. The van der Waals surface area contributed by atoms with E-state index in [9.17, 15) is 4.39 Å². The zero-order valence-electron chi connectivity index (χ0n) is 14.6. The highest BCUT2D eigenvalue weighted by atomic mass is 19.1. The number of halogens is 1. The SMILES string of the molecule is CNC1=Cc2nc(C3=C4CN(CCF)CCC4C=C3)ccc2C=CC1.[HH]. The van der Waals surface area contributed by atoms with Crippen LogP contribution in [-0.4, -0.2) is 43.2 Å². The molecule has 3 nitrogen and oxygen atoms in total. The summed E-state index contributed by atoms with van der Waals surface area (Å²) < 4.78 is 12.7. The molecule has 0 spiro atoms. The molecule has 0 bridgehead atoms. The summed E-state index contributed by atoms with van der Waals surface area (Å²) in [6.45, 7) is 2.08. The molecule has 1 saturated heterocycles. The van der Waals surface area contributed by atoms with Crippen molar-refractivity contribution in [1.82, 2.24) is 15.2 Å². The van der Waals surface area contributed by atoms with Crippen molar-refractivity contribution in [3.05, 3.63) is 58.6 Å². The number of alkyl halides is 1. The monoisotopic (exact) mass is 339 g/mol. The fourth-order valence-corrected chi connectivity index (χ4v) is 3.91. The highest BCUT2D eigenvalue weighted by molar-refractivity contribution is 5.80. The zero-order chi connectivity index (χ0) is 17.2. The average molecular weight is 339 g/mol. The standard InChI is InChI=1S/C21H24FN3.H2/c1-23-17-4-2-3-16-6-8-20(24-21(16)13-17)18-7-5-15-9-11-25(12-10-22)14-19(15)18;/h2-3,5-8,13,15,23H,4,9-12,14H2,1H3;1H. The lowest BCUT2D eigenvalue weighted by Gasteiger charge is -2.31. The third-order valence-electron chi connectivity index (χ3n) is 5.34. The van der Waals surface area contributed by atoms with Crippen LogP contribution in [-0.2, 0) is 0 Å². The molecule has 1 aliphatic heterocycles. The topological polar surface area (TPSA) is 28.2 Å². The molecule has 2 heterocycles. The van der Waals surface area contributed by atoms with E-state index in [4.69, 9.17) is 4.98 Å². The largest absolute Gasteiger partial charge is 0.391 e. The van der Waals surface area contributed by atoms with Gasteiger partial charge in [-0.25, -0.2) is 9.37 Å². The van der Waals surface area contributed by atoms with Crippen LogP contribution in [0, 0.1) is 5.92 Å². The molecule has 25 heavy (non-hydrogen) atoms. The Kier molecular flexibility index (Phi) is 4.53. The molecule has 1 aromatic heterocycles. The number of piperidine rings is 1. The third kappa shape index (κ3) is 3.19. The van der Waals surface area contributed by atoms with Crippen molar-refractivity contribution in [3.8, 4) is 0 Å². The first-order valence-corrected chi connectivity index (χ1v) is 9.04. The van der Waals surface area contributed by atoms with Gasteiger partial charge in [0.1, 0.15) is 6.67 Å². The molecule has 3 aliphatic rings. The molecule has 0 aromatic carbocycles. The van der Waals surface area contributed by atoms with Gasteiger partial charge in [-0.2, -0.15) is 0 Å². The van der Waals surface area contributed by atoms with Gasteiger partial charge in [0.05, 0.1) is 11.4 Å². The van der Waals surface area contributed by atoms with Gasteiger partial charge in [0, 0.05) is 45.2 Å². The summed E-state index contributed by atoms with van der Waals surface area (Å²) in [5, 5.41) is 3.24. The van der Waals surface area contributed by atoms with Crippen molar-refractivity contribution in [2.45, 2.75) is 12.8 Å². The lowest BCUT2D eigenvalue weighted by Crippen LogP contribution is -2.36. The number of nitrogens with one attached hydrogen (secondary N) is 1. The molecule has 1 unspecified atom stereocenters. The molecular weight excluding hydrogens is 313 g/mol. The van der Waals surface area contributed by atoms with Gasteiger partial charge in [-0.3, -0.25) is 4.90 Å².